The third kappa shape index (κ3) is 4.04. The van der Waals surface area contributed by atoms with E-state index in [0.717, 1.165) is 0 Å². The molecule has 0 aliphatic heterocycles. The van der Waals surface area contributed by atoms with Crippen molar-refractivity contribution >= 4 is 21.9 Å². The monoisotopic (exact) mass is 260 g/mol. The van der Waals surface area contributed by atoms with Gasteiger partial charge in [-0.15, -0.1) is 0 Å². The van der Waals surface area contributed by atoms with E-state index in [0.29, 0.717) is 0 Å². The number of nitrogen functional groups attached to an aromatic ring is 1. The summed E-state index contributed by atoms with van der Waals surface area (Å²) in [5, 5.41) is 13.3. The zero-order valence-electron chi connectivity index (χ0n) is 9.83. The fourth-order valence-corrected chi connectivity index (χ4v) is 2.41. The third-order valence-corrected chi connectivity index (χ3v) is 2.96. The van der Waals surface area contributed by atoms with E-state index in [1.807, 2.05) is 0 Å². The van der Waals surface area contributed by atoms with Crippen LogP contribution in [0.1, 0.15) is 26.3 Å². The number of aromatic amines is 1. The van der Waals surface area contributed by atoms with E-state index in [4.69, 9.17) is 11.1 Å². The molecule has 0 spiro atoms. The number of aromatic nitrogens is 2. The summed E-state index contributed by atoms with van der Waals surface area (Å²) < 4.78 is 28.0. The molecule has 0 aliphatic carbocycles. The van der Waals surface area contributed by atoms with Crippen molar-refractivity contribution in [3.05, 3.63) is 11.8 Å². The number of nitrogens with two attached hydrogens (primary N) is 1. The minimum atomic E-state index is -3.74. The maximum absolute atomic E-state index is 11.7. The number of nitrogens with zero attached hydrogens (tertiary/aromatic N) is 1. The van der Waals surface area contributed by atoms with Crippen LogP contribution >= 0.6 is 0 Å². The van der Waals surface area contributed by atoms with Crippen LogP contribution in [0.15, 0.2) is 6.20 Å². The van der Waals surface area contributed by atoms with Crippen molar-refractivity contribution in [3.8, 4) is 0 Å². The molecule has 0 atom stereocenters. The van der Waals surface area contributed by atoms with Gasteiger partial charge in [-0.05, 0) is 20.8 Å². The number of H-pyrrole nitrogens is 1. The van der Waals surface area contributed by atoms with E-state index in [1.54, 1.807) is 20.8 Å². The van der Waals surface area contributed by atoms with Crippen molar-refractivity contribution in [2.45, 2.75) is 26.3 Å². The Morgan fingerprint density at radius 2 is 2.12 bits per heavy atom. The predicted octanol–water partition coefficient (Wildman–Crippen LogP) is -0.261. The molecule has 0 radical (unpaired) electrons. The summed E-state index contributed by atoms with van der Waals surface area (Å²) in [7, 11) is -3.74. The van der Waals surface area contributed by atoms with Crippen molar-refractivity contribution in [1.29, 1.82) is 5.41 Å². The summed E-state index contributed by atoms with van der Waals surface area (Å²) in [6.07, 6.45) is 1.28. The minimum Gasteiger partial charge on any atom is -0.384 e. The number of anilines is 1. The van der Waals surface area contributed by atoms with Gasteiger partial charge in [0.05, 0.1) is 11.8 Å². The highest BCUT2D eigenvalue weighted by atomic mass is 32.2. The maximum Gasteiger partial charge on any atom is 0.300 e. The Balaban J connectivity index is 2.91. The average Bonchev–Trinajstić information content (AvgIpc) is 2.45. The number of hydrogen-bond donors (Lipinski definition) is 5. The standard InChI is InChI=1S/C8H16N6O2S/c1-8(2,3)14-17(15,16)13-7-5(6(9)10)4-11-12-7/h4,14H,1-3H3,(H3,9,10)(H2,11,12,13). The van der Waals surface area contributed by atoms with Crippen LogP contribution in [0, 0.1) is 5.41 Å². The van der Waals surface area contributed by atoms with Crippen LogP contribution in [-0.2, 0) is 10.2 Å². The van der Waals surface area contributed by atoms with E-state index >= 15 is 0 Å². The van der Waals surface area contributed by atoms with Crippen LogP contribution in [0.3, 0.4) is 0 Å². The van der Waals surface area contributed by atoms with Gasteiger partial charge in [0.15, 0.2) is 0 Å². The SMILES string of the molecule is CC(C)(C)NS(=O)(=O)Nc1[nH]ncc1C(=N)N. The summed E-state index contributed by atoms with van der Waals surface area (Å²) in [5.74, 6) is -0.207. The molecule has 17 heavy (non-hydrogen) atoms. The first-order chi connectivity index (χ1) is 7.61. The Labute approximate surface area is 99.7 Å². The molecule has 96 valence electrons. The summed E-state index contributed by atoms with van der Waals surface area (Å²) in [4.78, 5) is 0. The van der Waals surface area contributed by atoms with Crippen molar-refractivity contribution in [2.75, 3.05) is 4.72 Å². The zero-order valence-corrected chi connectivity index (χ0v) is 10.6. The first kappa shape index (κ1) is 13.5. The second kappa shape index (κ2) is 4.34. The lowest BCUT2D eigenvalue weighted by atomic mass is 10.1. The van der Waals surface area contributed by atoms with E-state index < -0.39 is 15.7 Å². The van der Waals surface area contributed by atoms with Crippen molar-refractivity contribution in [1.82, 2.24) is 14.9 Å². The van der Waals surface area contributed by atoms with Gasteiger partial charge >= 0.3 is 10.2 Å². The lowest BCUT2D eigenvalue weighted by molar-refractivity contribution is 0.494. The smallest absolute Gasteiger partial charge is 0.300 e. The summed E-state index contributed by atoms with van der Waals surface area (Å²) in [6.45, 7) is 5.14. The van der Waals surface area contributed by atoms with Gasteiger partial charge in [0.1, 0.15) is 11.7 Å². The van der Waals surface area contributed by atoms with Gasteiger partial charge in [-0.2, -0.15) is 18.2 Å². The Kier molecular flexibility index (Phi) is 3.43. The second-order valence-corrected chi connectivity index (χ2v) is 5.95. The van der Waals surface area contributed by atoms with E-state index in [1.165, 1.54) is 6.20 Å². The minimum absolute atomic E-state index is 0.0641. The molecular formula is C8H16N6O2S. The molecule has 0 saturated heterocycles. The molecule has 1 rings (SSSR count). The number of rotatable bonds is 4. The van der Waals surface area contributed by atoms with E-state index in [2.05, 4.69) is 19.6 Å². The largest absolute Gasteiger partial charge is 0.384 e. The first-order valence-corrected chi connectivity index (χ1v) is 6.28. The molecule has 0 aliphatic rings. The molecule has 9 heteroatoms. The summed E-state index contributed by atoms with van der Waals surface area (Å²) >= 11 is 0. The molecule has 8 nitrogen and oxygen atoms in total. The third-order valence-electron chi connectivity index (χ3n) is 1.61. The first-order valence-electron chi connectivity index (χ1n) is 4.80. The molecule has 0 amide bonds. The Morgan fingerprint density at radius 3 is 2.59 bits per heavy atom. The fourth-order valence-electron chi connectivity index (χ4n) is 1.13. The van der Waals surface area contributed by atoms with Crippen LogP contribution in [-0.4, -0.2) is 30.0 Å². The van der Waals surface area contributed by atoms with Crippen LogP contribution in [0.4, 0.5) is 5.82 Å². The molecule has 0 saturated carbocycles. The van der Waals surface area contributed by atoms with Gasteiger partial charge in [0.2, 0.25) is 0 Å². The number of amidine groups is 1. The fraction of sp³-hybridized carbons (Fsp3) is 0.500. The Bertz CT molecular complexity index is 512. The maximum atomic E-state index is 11.7. The highest BCUT2D eigenvalue weighted by Gasteiger charge is 2.21. The van der Waals surface area contributed by atoms with Gasteiger partial charge in [-0.25, -0.2) is 0 Å². The molecule has 0 aromatic carbocycles. The van der Waals surface area contributed by atoms with Gasteiger partial charge in [-0.3, -0.25) is 15.2 Å². The molecule has 6 N–H and O–H groups in total. The zero-order chi connectivity index (χ0) is 13.3. The number of nitrogens with one attached hydrogen (secondary N) is 4. The van der Waals surface area contributed by atoms with Crippen LogP contribution in [0.25, 0.3) is 0 Å². The molecule has 1 aromatic rings. The van der Waals surface area contributed by atoms with Gasteiger partial charge < -0.3 is 5.73 Å². The summed E-state index contributed by atoms with van der Waals surface area (Å²) in [6, 6.07) is 0. The summed E-state index contributed by atoms with van der Waals surface area (Å²) in [5.41, 5.74) is 4.86. The lowest BCUT2D eigenvalue weighted by Crippen LogP contribution is -2.43. The second-order valence-electron chi connectivity index (χ2n) is 4.53. The highest BCUT2D eigenvalue weighted by molar-refractivity contribution is 7.90. The molecule has 1 heterocycles. The molecule has 0 bridgehead atoms. The van der Waals surface area contributed by atoms with Gasteiger partial charge in [-0.1, -0.05) is 0 Å². The van der Waals surface area contributed by atoms with Crippen molar-refractivity contribution < 1.29 is 8.42 Å². The van der Waals surface area contributed by atoms with E-state index in [-0.39, 0.29) is 17.2 Å². The molecule has 1 aromatic heterocycles. The Hall–Kier alpha value is -1.61. The van der Waals surface area contributed by atoms with Gasteiger partial charge in [0.25, 0.3) is 0 Å². The van der Waals surface area contributed by atoms with Crippen molar-refractivity contribution in [2.24, 2.45) is 5.73 Å². The highest BCUT2D eigenvalue weighted by Crippen LogP contribution is 2.12. The van der Waals surface area contributed by atoms with Crippen LogP contribution < -0.4 is 15.2 Å². The van der Waals surface area contributed by atoms with Crippen molar-refractivity contribution in [3.63, 3.8) is 0 Å². The molecular weight excluding hydrogens is 244 g/mol. The van der Waals surface area contributed by atoms with Crippen LogP contribution in [0.2, 0.25) is 0 Å². The lowest BCUT2D eigenvalue weighted by Gasteiger charge is -2.20. The van der Waals surface area contributed by atoms with E-state index in [9.17, 15) is 8.42 Å². The normalized spacial score (nSPS) is 12.4. The van der Waals surface area contributed by atoms with Crippen LogP contribution in [0.5, 0.6) is 0 Å². The molecule has 0 unspecified atom stereocenters. The molecule has 0 fully saturated rings. The topological polar surface area (TPSA) is 137 Å². The van der Waals surface area contributed by atoms with Gasteiger partial charge in [0, 0.05) is 5.54 Å². The quantitative estimate of drug-likeness (QED) is 0.376. The number of hydrogen-bond acceptors (Lipinski definition) is 4. The average molecular weight is 260 g/mol. The predicted molar refractivity (Wildman–Crippen MR) is 65.0 cm³/mol. The Morgan fingerprint density at radius 1 is 1.53 bits per heavy atom.